The summed E-state index contributed by atoms with van der Waals surface area (Å²) < 4.78 is 13.3. The fourth-order valence-electron chi connectivity index (χ4n) is 2.31. The molecule has 3 aromatic carbocycles. The molecule has 0 aliphatic rings. The molecule has 0 heterocycles. The molecular formula is C17H10FNO. The van der Waals surface area contributed by atoms with E-state index in [0.29, 0.717) is 16.3 Å². The predicted molar refractivity (Wildman–Crippen MR) is 75.7 cm³/mol. The Bertz CT molecular complexity index is 835. The summed E-state index contributed by atoms with van der Waals surface area (Å²) in [5.41, 5.74) is 1.64. The van der Waals surface area contributed by atoms with Crippen molar-refractivity contribution < 1.29 is 9.50 Å². The van der Waals surface area contributed by atoms with E-state index in [4.69, 9.17) is 0 Å². The van der Waals surface area contributed by atoms with Gasteiger partial charge in [0.05, 0.1) is 0 Å². The van der Waals surface area contributed by atoms with Gasteiger partial charge < -0.3 is 5.11 Å². The largest absolute Gasteiger partial charge is 0.506 e. The van der Waals surface area contributed by atoms with Crippen molar-refractivity contribution in [3.05, 3.63) is 66.0 Å². The van der Waals surface area contributed by atoms with Gasteiger partial charge in [0.25, 0.3) is 0 Å². The smallest absolute Gasteiger partial charge is 0.141 e. The molecule has 2 nitrogen and oxygen atoms in total. The molecular weight excluding hydrogens is 253 g/mol. The first-order valence-electron chi connectivity index (χ1n) is 6.11. The lowest BCUT2D eigenvalue weighted by Gasteiger charge is -2.10. The Kier molecular flexibility index (Phi) is 2.85. The van der Waals surface area contributed by atoms with Crippen LogP contribution in [-0.4, -0.2) is 5.11 Å². The Hall–Kier alpha value is -2.86. The van der Waals surface area contributed by atoms with Crippen molar-refractivity contribution in [2.24, 2.45) is 0 Å². The van der Waals surface area contributed by atoms with E-state index in [1.54, 1.807) is 12.1 Å². The van der Waals surface area contributed by atoms with E-state index in [2.05, 4.69) is 0 Å². The Labute approximate surface area is 115 Å². The van der Waals surface area contributed by atoms with Gasteiger partial charge in [0.1, 0.15) is 23.2 Å². The molecule has 0 atom stereocenters. The number of hydrogen-bond donors (Lipinski definition) is 1. The highest BCUT2D eigenvalue weighted by Crippen LogP contribution is 2.36. The first-order valence-corrected chi connectivity index (χ1v) is 6.11. The molecule has 0 saturated heterocycles. The maximum atomic E-state index is 13.3. The third kappa shape index (κ3) is 1.88. The lowest BCUT2D eigenvalue weighted by Crippen LogP contribution is -1.88. The molecule has 1 N–H and O–H groups in total. The van der Waals surface area contributed by atoms with Crippen LogP contribution in [-0.2, 0) is 0 Å². The number of nitrogens with zero attached hydrogens (tertiary/aromatic N) is 1. The fraction of sp³-hybridized carbons (Fsp3) is 0. The van der Waals surface area contributed by atoms with Crippen LogP contribution in [0.3, 0.4) is 0 Å². The highest BCUT2D eigenvalue weighted by atomic mass is 19.1. The molecule has 0 unspecified atom stereocenters. The standard InChI is InChI=1S/C17H10FNO/c18-13-7-6-12-8-14(11-4-2-1-3-5-11)16(10-19)17(20)15(12)9-13/h1-9,20H. The molecule has 0 fully saturated rings. The van der Waals surface area contributed by atoms with E-state index < -0.39 is 5.82 Å². The zero-order chi connectivity index (χ0) is 14.1. The van der Waals surface area contributed by atoms with Gasteiger partial charge in [0, 0.05) is 10.9 Å². The number of fused-ring (bicyclic) bond motifs is 1. The van der Waals surface area contributed by atoms with Gasteiger partial charge in [-0.15, -0.1) is 0 Å². The normalized spacial score (nSPS) is 10.4. The molecule has 0 aliphatic carbocycles. The topological polar surface area (TPSA) is 44.0 Å². The summed E-state index contributed by atoms with van der Waals surface area (Å²) in [5, 5.41) is 20.6. The number of benzene rings is 3. The number of aromatic hydroxyl groups is 1. The summed E-state index contributed by atoms with van der Waals surface area (Å²) in [7, 11) is 0. The van der Waals surface area contributed by atoms with Gasteiger partial charge in [-0.2, -0.15) is 5.26 Å². The van der Waals surface area contributed by atoms with Crippen molar-refractivity contribution in [3.63, 3.8) is 0 Å². The van der Waals surface area contributed by atoms with Gasteiger partial charge in [-0.3, -0.25) is 0 Å². The lowest BCUT2D eigenvalue weighted by molar-refractivity contribution is 0.480. The van der Waals surface area contributed by atoms with Crippen LogP contribution in [0.5, 0.6) is 5.75 Å². The minimum Gasteiger partial charge on any atom is -0.506 e. The van der Waals surface area contributed by atoms with Gasteiger partial charge in [-0.05, 0) is 29.1 Å². The van der Waals surface area contributed by atoms with Crippen molar-refractivity contribution in [1.82, 2.24) is 0 Å². The SMILES string of the molecule is N#Cc1c(-c2ccccc2)cc2ccc(F)cc2c1O. The second-order valence-electron chi connectivity index (χ2n) is 4.49. The van der Waals surface area contributed by atoms with Crippen LogP contribution in [0, 0.1) is 17.1 Å². The maximum Gasteiger partial charge on any atom is 0.141 e. The predicted octanol–water partition coefficient (Wildman–Crippen LogP) is 4.22. The summed E-state index contributed by atoms with van der Waals surface area (Å²) >= 11 is 0. The molecule has 20 heavy (non-hydrogen) atoms. The molecule has 0 spiro atoms. The second kappa shape index (κ2) is 4.67. The Morgan fingerprint density at radius 3 is 2.45 bits per heavy atom. The molecule has 0 aromatic heterocycles. The van der Waals surface area contributed by atoms with Crippen molar-refractivity contribution >= 4 is 10.8 Å². The van der Waals surface area contributed by atoms with Crippen LogP contribution in [0.1, 0.15) is 5.56 Å². The number of nitriles is 1. The van der Waals surface area contributed by atoms with Crippen LogP contribution >= 0.6 is 0 Å². The monoisotopic (exact) mass is 263 g/mol. The minimum absolute atomic E-state index is 0.161. The van der Waals surface area contributed by atoms with Crippen LogP contribution in [0.15, 0.2) is 54.6 Å². The summed E-state index contributed by atoms with van der Waals surface area (Å²) in [5.74, 6) is -0.618. The third-order valence-corrected chi connectivity index (χ3v) is 3.27. The summed E-state index contributed by atoms with van der Waals surface area (Å²) in [6, 6.07) is 17.3. The second-order valence-corrected chi connectivity index (χ2v) is 4.49. The molecule has 0 aliphatic heterocycles. The maximum absolute atomic E-state index is 13.3. The molecule has 3 aromatic rings. The number of phenolic OH excluding ortho intramolecular Hbond substituents is 1. The van der Waals surface area contributed by atoms with Gasteiger partial charge in [-0.1, -0.05) is 36.4 Å². The zero-order valence-electron chi connectivity index (χ0n) is 10.5. The average molecular weight is 263 g/mol. The molecule has 3 rings (SSSR count). The van der Waals surface area contributed by atoms with E-state index in [0.717, 1.165) is 5.56 Å². The first kappa shape index (κ1) is 12.2. The van der Waals surface area contributed by atoms with E-state index in [9.17, 15) is 14.8 Å². The molecule has 0 radical (unpaired) electrons. The average Bonchev–Trinajstić information content (AvgIpc) is 2.48. The Balaban J connectivity index is 2.39. The first-order chi connectivity index (χ1) is 9.70. The number of phenols is 1. The molecule has 0 saturated carbocycles. The highest BCUT2D eigenvalue weighted by molar-refractivity contribution is 5.96. The van der Waals surface area contributed by atoms with Crippen molar-refractivity contribution in [2.75, 3.05) is 0 Å². The van der Waals surface area contributed by atoms with E-state index in [1.807, 2.05) is 36.4 Å². The number of hydrogen-bond acceptors (Lipinski definition) is 2. The zero-order valence-corrected chi connectivity index (χ0v) is 10.5. The van der Waals surface area contributed by atoms with Gasteiger partial charge >= 0.3 is 0 Å². The van der Waals surface area contributed by atoms with E-state index in [-0.39, 0.29) is 11.3 Å². The van der Waals surface area contributed by atoms with Gasteiger partial charge in [0.2, 0.25) is 0 Å². The quantitative estimate of drug-likeness (QED) is 0.714. The lowest BCUT2D eigenvalue weighted by atomic mass is 9.95. The molecule has 0 amide bonds. The molecule has 3 heteroatoms. The highest BCUT2D eigenvalue weighted by Gasteiger charge is 2.14. The summed E-state index contributed by atoms with van der Waals surface area (Å²) in [6.07, 6.45) is 0. The van der Waals surface area contributed by atoms with E-state index in [1.165, 1.54) is 12.1 Å². The van der Waals surface area contributed by atoms with Crippen LogP contribution in [0.25, 0.3) is 21.9 Å². The van der Waals surface area contributed by atoms with Crippen LogP contribution < -0.4 is 0 Å². The number of rotatable bonds is 1. The minimum atomic E-state index is -0.441. The molecule has 96 valence electrons. The van der Waals surface area contributed by atoms with Crippen molar-refractivity contribution in [3.8, 4) is 22.9 Å². The molecule has 0 bridgehead atoms. The summed E-state index contributed by atoms with van der Waals surface area (Å²) in [6.45, 7) is 0. The van der Waals surface area contributed by atoms with Crippen LogP contribution in [0.2, 0.25) is 0 Å². The van der Waals surface area contributed by atoms with Crippen molar-refractivity contribution in [1.29, 1.82) is 5.26 Å². The van der Waals surface area contributed by atoms with Gasteiger partial charge in [0.15, 0.2) is 0 Å². The fourth-order valence-corrected chi connectivity index (χ4v) is 2.31. The number of halogens is 1. The van der Waals surface area contributed by atoms with Gasteiger partial charge in [-0.25, -0.2) is 4.39 Å². The van der Waals surface area contributed by atoms with E-state index >= 15 is 0 Å². The van der Waals surface area contributed by atoms with Crippen LogP contribution in [0.4, 0.5) is 4.39 Å². The van der Waals surface area contributed by atoms with Crippen molar-refractivity contribution in [2.45, 2.75) is 0 Å². The summed E-state index contributed by atoms with van der Waals surface area (Å²) in [4.78, 5) is 0. The third-order valence-electron chi connectivity index (χ3n) is 3.27. The Morgan fingerprint density at radius 2 is 1.75 bits per heavy atom. The Morgan fingerprint density at radius 1 is 1.00 bits per heavy atom.